The van der Waals surface area contributed by atoms with Crippen LogP contribution in [0.3, 0.4) is 0 Å². The zero-order valence-electron chi connectivity index (χ0n) is 12.8. The van der Waals surface area contributed by atoms with Crippen molar-refractivity contribution in [1.82, 2.24) is 15.2 Å². The fourth-order valence-corrected chi connectivity index (χ4v) is 2.52. The van der Waals surface area contributed by atoms with Crippen molar-refractivity contribution in [2.75, 3.05) is 47.9 Å². The average Bonchev–Trinajstić information content (AvgIpc) is 2.33. The SMILES string of the molecule is COCCCN=C(NN)N(C)CC1(N(C)C)CCC1. The molecule has 0 bridgehead atoms. The minimum absolute atomic E-state index is 0.277. The molecule has 1 fully saturated rings. The minimum atomic E-state index is 0.277. The quantitative estimate of drug-likeness (QED) is 0.229. The molecule has 6 nitrogen and oxygen atoms in total. The highest BCUT2D eigenvalue weighted by atomic mass is 16.5. The van der Waals surface area contributed by atoms with Gasteiger partial charge < -0.3 is 14.5 Å². The molecule has 1 aliphatic rings. The van der Waals surface area contributed by atoms with Gasteiger partial charge in [-0.3, -0.25) is 10.4 Å². The van der Waals surface area contributed by atoms with Crippen molar-refractivity contribution in [3.8, 4) is 0 Å². The third-order valence-electron chi connectivity index (χ3n) is 4.02. The minimum Gasteiger partial charge on any atom is -0.385 e. The Bertz CT molecular complexity index is 289. The highest BCUT2D eigenvalue weighted by Gasteiger charge is 2.40. The second-order valence-corrected chi connectivity index (χ2v) is 5.52. The Labute approximate surface area is 117 Å². The number of ether oxygens (including phenoxy) is 1. The molecule has 0 amide bonds. The molecule has 0 aromatic heterocycles. The van der Waals surface area contributed by atoms with Crippen LogP contribution in [0.25, 0.3) is 0 Å². The summed E-state index contributed by atoms with van der Waals surface area (Å²) < 4.78 is 5.02. The van der Waals surface area contributed by atoms with Crippen molar-refractivity contribution >= 4 is 5.96 Å². The molecule has 0 aromatic carbocycles. The second-order valence-electron chi connectivity index (χ2n) is 5.52. The summed E-state index contributed by atoms with van der Waals surface area (Å²) >= 11 is 0. The first-order chi connectivity index (χ1) is 9.05. The average molecular weight is 271 g/mol. The number of hydrogen-bond acceptors (Lipinski definition) is 4. The van der Waals surface area contributed by atoms with Gasteiger partial charge in [0, 0.05) is 39.4 Å². The fraction of sp³-hybridized carbons (Fsp3) is 0.923. The van der Waals surface area contributed by atoms with Crippen molar-refractivity contribution in [2.24, 2.45) is 10.8 Å². The summed E-state index contributed by atoms with van der Waals surface area (Å²) in [5, 5.41) is 0. The van der Waals surface area contributed by atoms with E-state index in [0.29, 0.717) is 0 Å². The number of hydrazine groups is 1. The molecule has 0 spiro atoms. The van der Waals surface area contributed by atoms with Gasteiger partial charge in [-0.2, -0.15) is 0 Å². The van der Waals surface area contributed by atoms with E-state index in [1.165, 1.54) is 19.3 Å². The van der Waals surface area contributed by atoms with Crippen LogP contribution in [0.4, 0.5) is 0 Å². The number of rotatable bonds is 7. The number of nitrogens with two attached hydrogens (primary N) is 1. The van der Waals surface area contributed by atoms with E-state index in [2.05, 4.69) is 34.3 Å². The van der Waals surface area contributed by atoms with Crippen molar-refractivity contribution in [3.63, 3.8) is 0 Å². The van der Waals surface area contributed by atoms with Crippen molar-refractivity contribution in [1.29, 1.82) is 0 Å². The Balaban J connectivity index is 2.51. The molecule has 0 aromatic rings. The highest BCUT2D eigenvalue weighted by Crippen LogP contribution is 2.36. The van der Waals surface area contributed by atoms with Crippen LogP contribution in [0.15, 0.2) is 4.99 Å². The monoisotopic (exact) mass is 271 g/mol. The number of methoxy groups -OCH3 is 1. The Morgan fingerprint density at radius 1 is 1.37 bits per heavy atom. The molecule has 1 aliphatic carbocycles. The van der Waals surface area contributed by atoms with Gasteiger partial charge in [0.1, 0.15) is 0 Å². The lowest BCUT2D eigenvalue weighted by molar-refractivity contribution is 0.0423. The third kappa shape index (κ3) is 4.33. The fourth-order valence-electron chi connectivity index (χ4n) is 2.52. The first-order valence-corrected chi connectivity index (χ1v) is 6.94. The van der Waals surface area contributed by atoms with Gasteiger partial charge in [0.15, 0.2) is 0 Å². The van der Waals surface area contributed by atoms with Crippen LogP contribution in [0, 0.1) is 0 Å². The lowest BCUT2D eigenvalue weighted by Gasteiger charge is -2.49. The first-order valence-electron chi connectivity index (χ1n) is 6.94. The standard InChI is InChI=1S/C13H29N5O/c1-17(2)13(7-5-8-13)11-18(3)12(16-14)15-9-6-10-19-4/h5-11,14H2,1-4H3,(H,15,16). The van der Waals surface area contributed by atoms with Gasteiger partial charge in [0.05, 0.1) is 0 Å². The number of likely N-dealkylation sites (N-methyl/N-ethyl adjacent to an activating group) is 2. The second kappa shape index (κ2) is 7.67. The number of hydrogen-bond donors (Lipinski definition) is 2. The van der Waals surface area contributed by atoms with Crippen LogP contribution in [-0.4, -0.2) is 69.2 Å². The molecule has 0 aliphatic heterocycles. The molecule has 0 atom stereocenters. The molecule has 19 heavy (non-hydrogen) atoms. The molecule has 0 radical (unpaired) electrons. The summed E-state index contributed by atoms with van der Waals surface area (Å²) in [5.41, 5.74) is 2.98. The van der Waals surface area contributed by atoms with E-state index in [-0.39, 0.29) is 5.54 Å². The van der Waals surface area contributed by atoms with Gasteiger partial charge in [-0.05, 0) is 39.8 Å². The predicted octanol–water partition coefficient (Wildman–Crippen LogP) is 0.258. The third-order valence-corrected chi connectivity index (χ3v) is 4.02. The summed E-state index contributed by atoms with van der Waals surface area (Å²) in [5.74, 6) is 6.33. The molecule has 6 heteroatoms. The molecule has 1 saturated carbocycles. The van der Waals surface area contributed by atoms with Gasteiger partial charge in [0.25, 0.3) is 0 Å². The van der Waals surface area contributed by atoms with E-state index >= 15 is 0 Å². The Morgan fingerprint density at radius 3 is 2.47 bits per heavy atom. The van der Waals surface area contributed by atoms with Gasteiger partial charge in [-0.25, -0.2) is 5.84 Å². The maximum atomic E-state index is 5.58. The molecular weight excluding hydrogens is 242 g/mol. The van der Waals surface area contributed by atoms with Crippen LogP contribution in [-0.2, 0) is 4.74 Å². The van der Waals surface area contributed by atoms with Crippen molar-refractivity contribution < 1.29 is 4.74 Å². The maximum absolute atomic E-state index is 5.58. The Kier molecular flexibility index (Phi) is 6.54. The Morgan fingerprint density at radius 2 is 2.05 bits per heavy atom. The summed E-state index contributed by atoms with van der Waals surface area (Å²) in [7, 11) is 8.05. The van der Waals surface area contributed by atoms with Crippen LogP contribution < -0.4 is 11.3 Å². The van der Waals surface area contributed by atoms with Gasteiger partial charge >= 0.3 is 0 Å². The topological polar surface area (TPSA) is 66.1 Å². The number of nitrogens with one attached hydrogen (secondary N) is 1. The maximum Gasteiger partial charge on any atom is 0.208 e. The number of nitrogens with zero attached hydrogens (tertiary/aromatic N) is 3. The van der Waals surface area contributed by atoms with E-state index in [0.717, 1.165) is 32.1 Å². The summed E-state index contributed by atoms with van der Waals surface area (Å²) in [6.07, 6.45) is 4.70. The van der Waals surface area contributed by atoms with Crippen LogP contribution in [0.5, 0.6) is 0 Å². The lowest BCUT2D eigenvalue weighted by Crippen LogP contribution is -2.59. The highest BCUT2D eigenvalue weighted by molar-refractivity contribution is 5.79. The number of guanidine groups is 1. The van der Waals surface area contributed by atoms with Gasteiger partial charge in [-0.1, -0.05) is 0 Å². The van der Waals surface area contributed by atoms with Crippen LogP contribution in [0.2, 0.25) is 0 Å². The molecule has 3 N–H and O–H groups in total. The van der Waals surface area contributed by atoms with Gasteiger partial charge in [-0.15, -0.1) is 0 Å². The molecular formula is C13H29N5O. The van der Waals surface area contributed by atoms with E-state index < -0.39 is 0 Å². The smallest absolute Gasteiger partial charge is 0.208 e. The lowest BCUT2D eigenvalue weighted by atomic mass is 9.75. The molecule has 0 saturated heterocycles. The summed E-state index contributed by atoms with van der Waals surface area (Å²) in [4.78, 5) is 8.93. The first kappa shape index (κ1) is 16.2. The normalized spacial score (nSPS) is 18.3. The van der Waals surface area contributed by atoms with E-state index in [1.54, 1.807) is 7.11 Å². The van der Waals surface area contributed by atoms with E-state index in [4.69, 9.17) is 10.6 Å². The molecule has 0 heterocycles. The van der Waals surface area contributed by atoms with Crippen molar-refractivity contribution in [3.05, 3.63) is 0 Å². The van der Waals surface area contributed by atoms with E-state index in [9.17, 15) is 0 Å². The molecule has 1 rings (SSSR count). The van der Waals surface area contributed by atoms with Crippen LogP contribution >= 0.6 is 0 Å². The Hall–Kier alpha value is -0.850. The predicted molar refractivity (Wildman–Crippen MR) is 79.0 cm³/mol. The van der Waals surface area contributed by atoms with Crippen molar-refractivity contribution in [2.45, 2.75) is 31.2 Å². The van der Waals surface area contributed by atoms with E-state index in [1.807, 2.05) is 7.05 Å². The molecule has 0 unspecified atom stereocenters. The zero-order chi connectivity index (χ0) is 14.3. The summed E-state index contributed by atoms with van der Waals surface area (Å²) in [6.45, 7) is 2.41. The van der Waals surface area contributed by atoms with Crippen LogP contribution in [0.1, 0.15) is 25.7 Å². The number of aliphatic imine (C=N–C) groups is 1. The summed E-state index contributed by atoms with van der Waals surface area (Å²) in [6, 6.07) is 0. The molecule has 112 valence electrons. The van der Waals surface area contributed by atoms with Gasteiger partial charge in [0.2, 0.25) is 5.96 Å². The zero-order valence-corrected chi connectivity index (χ0v) is 12.8. The largest absolute Gasteiger partial charge is 0.385 e.